The summed E-state index contributed by atoms with van der Waals surface area (Å²) >= 11 is 0. The summed E-state index contributed by atoms with van der Waals surface area (Å²) in [5, 5.41) is 0. The van der Waals surface area contributed by atoms with E-state index in [0.29, 0.717) is 5.78 Å². The van der Waals surface area contributed by atoms with Gasteiger partial charge in [0.05, 0.1) is 6.04 Å². The van der Waals surface area contributed by atoms with Crippen molar-refractivity contribution in [2.75, 3.05) is 6.54 Å². The topological polar surface area (TPSA) is 20.3 Å². The van der Waals surface area contributed by atoms with Gasteiger partial charge in [0.25, 0.3) is 0 Å². The number of hydrogen-bond acceptors (Lipinski definition) is 2. The second kappa shape index (κ2) is 3.86. The van der Waals surface area contributed by atoms with Gasteiger partial charge in [-0.25, -0.2) is 0 Å². The fourth-order valence-electron chi connectivity index (χ4n) is 1.70. The highest BCUT2D eigenvalue weighted by Crippen LogP contribution is 2.18. The average Bonchev–Trinajstić information content (AvgIpc) is 2.04. The lowest BCUT2D eigenvalue weighted by Gasteiger charge is -2.32. The van der Waals surface area contributed by atoms with Crippen LogP contribution in [0.3, 0.4) is 0 Å². The maximum atomic E-state index is 11.1. The molecule has 1 radical (unpaired) electrons. The molecule has 0 saturated carbocycles. The van der Waals surface area contributed by atoms with Gasteiger partial charge in [-0.1, -0.05) is 6.42 Å². The van der Waals surface area contributed by atoms with E-state index in [9.17, 15) is 4.79 Å². The number of carbonyl (C=O) groups excluding carboxylic acids is 1. The first-order valence-electron chi connectivity index (χ1n) is 4.31. The Morgan fingerprint density at radius 1 is 1.55 bits per heavy atom. The van der Waals surface area contributed by atoms with Gasteiger partial charge in [-0.3, -0.25) is 9.69 Å². The molecule has 1 rings (SSSR count). The Balaban J connectivity index is 2.51. The lowest BCUT2D eigenvalue weighted by molar-refractivity contribution is -0.122. The van der Waals surface area contributed by atoms with Crippen LogP contribution in [0.15, 0.2) is 0 Å². The van der Waals surface area contributed by atoms with Crippen molar-refractivity contribution >= 4 is 5.78 Å². The van der Waals surface area contributed by atoms with E-state index in [1.165, 1.54) is 12.8 Å². The molecule has 63 valence electrons. The van der Waals surface area contributed by atoms with Crippen LogP contribution in [0, 0.1) is 6.54 Å². The highest BCUT2D eigenvalue weighted by molar-refractivity contribution is 5.81. The van der Waals surface area contributed by atoms with Gasteiger partial charge in [0.15, 0.2) is 0 Å². The number of nitrogens with zero attached hydrogens (tertiary/aromatic N) is 1. The molecule has 1 aliphatic heterocycles. The van der Waals surface area contributed by atoms with Crippen molar-refractivity contribution in [1.82, 2.24) is 4.90 Å². The third-order valence-electron chi connectivity index (χ3n) is 2.35. The molecule has 1 fully saturated rings. The molecule has 1 heterocycles. The second-order valence-electron chi connectivity index (χ2n) is 3.12. The first-order valence-corrected chi connectivity index (χ1v) is 4.31. The zero-order valence-electron chi connectivity index (χ0n) is 7.34. The van der Waals surface area contributed by atoms with Crippen molar-refractivity contribution < 1.29 is 4.79 Å². The molecule has 1 saturated heterocycles. The van der Waals surface area contributed by atoms with Gasteiger partial charge in [-0.15, -0.1) is 0 Å². The van der Waals surface area contributed by atoms with E-state index in [-0.39, 0.29) is 6.04 Å². The summed E-state index contributed by atoms with van der Waals surface area (Å²) in [6.07, 6.45) is 3.47. The Labute approximate surface area is 68.6 Å². The minimum atomic E-state index is 0.175. The number of likely N-dealkylation sites (tertiary alicyclic amines) is 1. The Hall–Kier alpha value is -0.370. The van der Waals surface area contributed by atoms with Crippen LogP contribution in [0.5, 0.6) is 0 Å². The molecular weight excluding hydrogens is 138 g/mol. The van der Waals surface area contributed by atoms with Gasteiger partial charge >= 0.3 is 0 Å². The highest BCUT2D eigenvalue weighted by Gasteiger charge is 2.24. The molecule has 0 N–H and O–H groups in total. The van der Waals surface area contributed by atoms with Gasteiger partial charge in [-0.05, 0) is 33.2 Å². The van der Waals surface area contributed by atoms with E-state index in [4.69, 9.17) is 0 Å². The van der Waals surface area contributed by atoms with E-state index in [1.54, 1.807) is 6.92 Å². The number of Topliss-reactive ketones (excluding diaryl/α,β-unsaturated/α-hetero) is 1. The Morgan fingerprint density at radius 3 is 2.73 bits per heavy atom. The SMILES string of the molecule is C[CH]N1CCCCC1C(C)=O. The maximum Gasteiger partial charge on any atom is 0.146 e. The zero-order chi connectivity index (χ0) is 8.27. The molecule has 1 unspecified atom stereocenters. The van der Waals surface area contributed by atoms with Crippen LogP contribution >= 0.6 is 0 Å². The normalized spacial score (nSPS) is 26.9. The fourth-order valence-corrected chi connectivity index (χ4v) is 1.70. The van der Waals surface area contributed by atoms with E-state index >= 15 is 0 Å². The van der Waals surface area contributed by atoms with Crippen LogP contribution in [0.4, 0.5) is 0 Å². The number of hydrogen-bond donors (Lipinski definition) is 0. The van der Waals surface area contributed by atoms with E-state index < -0.39 is 0 Å². The molecule has 0 aliphatic carbocycles. The molecule has 1 aliphatic rings. The molecule has 0 aromatic heterocycles. The first-order chi connectivity index (χ1) is 5.25. The van der Waals surface area contributed by atoms with Crippen LogP contribution in [0.1, 0.15) is 33.1 Å². The molecule has 0 spiro atoms. The molecule has 0 bridgehead atoms. The van der Waals surface area contributed by atoms with Crippen LogP contribution in [-0.2, 0) is 4.79 Å². The van der Waals surface area contributed by atoms with Crippen molar-refractivity contribution in [2.45, 2.75) is 39.2 Å². The van der Waals surface area contributed by atoms with Gasteiger partial charge < -0.3 is 0 Å². The number of carbonyl (C=O) groups is 1. The molecule has 2 nitrogen and oxygen atoms in total. The predicted molar refractivity (Wildman–Crippen MR) is 45.0 cm³/mol. The minimum absolute atomic E-state index is 0.175. The lowest BCUT2D eigenvalue weighted by Crippen LogP contribution is -2.41. The van der Waals surface area contributed by atoms with Crippen molar-refractivity contribution in [1.29, 1.82) is 0 Å². The molecular formula is C9H16NO. The van der Waals surface area contributed by atoms with Gasteiger partial charge in [0.1, 0.15) is 5.78 Å². The molecule has 11 heavy (non-hydrogen) atoms. The van der Waals surface area contributed by atoms with Gasteiger partial charge in [0, 0.05) is 6.54 Å². The van der Waals surface area contributed by atoms with Crippen molar-refractivity contribution in [2.24, 2.45) is 0 Å². The number of rotatable bonds is 2. The summed E-state index contributed by atoms with van der Waals surface area (Å²) in [4.78, 5) is 13.3. The summed E-state index contributed by atoms with van der Waals surface area (Å²) in [7, 11) is 0. The Kier molecular flexibility index (Phi) is 3.06. The standard InChI is InChI=1S/C9H16NO/c1-3-10-7-5-4-6-9(10)8(2)11/h3,9H,4-7H2,1-2H3. The molecule has 0 amide bonds. The average molecular weight is 154 g/mol. The predicted octanol–water partition coefficient (Wildman–Crippen LogP) is 1.61. The lowest BCUT2D eigenvalue weighted by atomic mass is 9.99. The monoisotopic (exact) mass is 154 g/mol. The summed E-state index contributed by atoms with van der Waals surface area (Å²) in [6, 6.07) is 0.175. The summed E-state index contributed by atoms with van der Waals surface area (Å²) in [5.41, 5.74) is 0. The van der Waals surface area contributed by atoms with Crippen LogP contribution < -0.4 is 0 Å². The van der Waals surface area contributed by atoms with E-state index in [0.717, 1.165) is 13.0 Å². The minimum Gasteiger partial charge on any atom is -0.298 e. The Bertz CT molecular complexity index is 144. The van der Waals surface area contributed by atoms with Crippen molar-refractivity contribution in [3.8, 4) is 0 Å². The quantitative estimate of drug-likeness (QED) is 0.602. The van der Waals surface area contributed by atoms with Gasteiger partial charge in [0.2, 0.25) is 0 Å². The Morgan fingerprint density at radius 2 is 2.27 bits per heavy atom. The maximum absolute atomic E-state index is 11.1. The third kappa shape index (κ3) is 2.03. The van der Waals surface area contributed by atoms with Gasteiger partial charge in [-0.2, -0.15) is 0 Å². The smallest absolute Gasteiger partial charge is 0.146 e. The largest absolute Gasteiger partial charge is 0.298 e. The van der Waals surface area contributed by atoms with Crippen molar-refractivity contribution in [3.05, 3.63) is 6.54 Å². The molecule has 0 aromatic carbocycles. The summed E-state index contributed by atoms with van der Waals surface area (Å²) in [5.74, 6) is 0.308. The van der Waals surface area contributed by atoms with Crippen LogP contribution in [-0.4, -0.2) is 23.3 Å². The second-order valence-corrected chi connectivity index (χ2v) is 3.12. The molecule has 0 aromatic rings. The zero-order valence-corrected chi connectivity index (χ0v) is 7.34. The van der Waals surface area contributed by atoms with Crippen LogP contribution in [0.2, 0.25) is 0 Å². The molecule has 1 atom stereocenters. The number of ketones is 1. The van der Waals surface area contributed by atoms with Crippen LogP contribution in [0.25, 0.3) is 0 Å². The number of piperidine rings is 1. The van der Waals surface area contributed by atoms with E-state index in [2.05, 4.69) is 4.90 Å². The van der Waals surface area contributed by atoms with E-state index in [1.807, 2.05) is 13.5 Å². The molecule has 2 heteroatoms. The first kappa shape index (κ1) is 8.72. The van der Waals surface area contributed by atoms with Crippen molar-refractivity contribution in [3.63, 3.8) is 0 Å². The summed E-state index contributed by atoms with van der Waals surface area (Å²) < 4.78 is 0. The fraction of sp³-hybridized carbons (Fsp3) is 0.778. The third-order valence-corrected chi connectivity index (χ3v) is 2.35. The highest BCUT2D eigenvalue weighted by atomic mass is 16.1. The summed E-state index contributed by atoms with van der Waals surface area (Å²) in [6.45, 7) is 6.78.